The number of nitrogens with zero attached hydrogens (tertiary/aromatic N) is 3. The van der Waals surface area contributed by atoms with Crippen molar-refractivity contribution in [2.24, 2.45) is 0 Å². The van der Waals surface area contributed by atoms with Gasteiger partial charge in [0.05, 0.1) is 22.5 Å². The molecule has 0 spiro atoms. The summed E-state index contributed by atoms with van der Waals surface area (Å²) < 4.78 is 13.9. The fourth-order valence-electron chi connectivity index (χ4n) is 2.43. The number of aryl methyl sites for hydroxylation is 1. The minimum Gasteiger partial charge on any atom is -0.399 e. The second-order valence-electron chi connectivity index (χ2n) is 6.50. The fraction of sp³-hybridized carbons (Fsp3) is 0.467. The van der Waals surface area contributed by atoms with Gasteiger partial charge >= 0.3 is 7.12 Å². The quantitative estimate of drug-likeness (QED) is 0.749. The van der Waals surface area contributed by atoms with Crippen LogP contribution < -0.4 is 5.46 Å². The van der Waals surface area contributed by atoms with Gasteiger partial charge in [0, 0.05) is 17.9 Å². The number of aromatic nitrogens is 2. The van der Waals surface area contributed by atoms with Crippen molar-refractivity contribution < 1.29 is 9.31 Å². The van der Waals surface area contributed by atoms with Crippen LogP contribution in [-0.2, 0) is 9.31 Å². The molecule has 0 amide bonds. The smallest absolute Gasteiger partial charge is 0.399 e. The van der Waals surface area contributed by atoms with Crippen molar-refractivity contribution in [3.05, 3.63) is 29.7 Å². The Kier molecular flexibility index (Phi) is 2.91. The van der Waals surface area contributed by atoms with Gasteiger partial charge in [-0.25, -0.2) is 4.98 Å². The normalized spacial score (nSPS) is 19.9. The number of hydrogen-bond donors (Lipinski definition) is 0. The van der Waals surface area contributed by atoms with E-state index in [0.29, 0.717) is 11.2 Å². The Labute approximate surface area is 124 Å². The van der Waals surface area contributed by atoms with Crippen LogP contribution in [0.5, 0.6) is 0 Å². The summed E-state index contributed by atoms with van der Waals surface area (Å²) in [6.45, 7) is 9.95. The average molecular weight is 283 g/mol. The maximum absolute atomic E-state index is 9.33. The van der Waals surface area contributed by atoms with Crippen LogP contribution in [0.25, 0.3) is 5.65 Å². The minimum absolute atomic E-state index is 0.399. The Morgan fingerprint density at radius 3 is 2.38 bits per heavy atom. The first-order chi connectivity index (χ1) is 9.73. The molecule has 2 aromatic heterocycles. The molecule has 0 atom stereocenters. The lowest BCUT2D eigenvalue weighted by Crippen LogP contribution is -2.41. The first kappa shape index (κ1) is 14.1. The summed E-state index contributed by atoms with van der Waals surface area (Å²) in [5.41, 5.74) is 2.09. The lowest BCUT2D eigenvalue weighted by atomic mass is 9.79. The van der Waals surface area contributed by atoms with Crippen LogP contribution >= 0.6 is 0 Å². The van der Waals surface area contributed by atoms with Gasteiger partial charge < -0.3 is 13.7 Å². The number of fused-ring (bicyclic) bond motifs is 1. The summed E-state index contributed by atoms with van der Waals surface area (Å²) >= 11 is 0. The molecule has 6 heteroatoms. The first-order valence-corrected chi connectivity index (χ1v) is 6.98. The van der Waals surface area contributed by atoms with Crippen molar-refractivity contribution in [3.63, 3.8) is 0 Å². The Morgan fingerprint density at radius 2 is 1.81 bits per heavy atom. The standard InChI is InChI=1S/C15H18BN3O2/c1-10-8-19-9-12(6-11(7-17)13(19)18-10)16-20-14(2,3)15(4,5)21-16/h6,8-9H,1-5H3. The third-order valence-corrected chi connectivity index (χ3v) is 4.34. The van der Waals surface area contributed by atoms with E-state index in [1.54, 1.807) is 6.07 Å². The third-order valence-electron chi connectivity index (χ3n) is 4.34. The molecule has 0 aliphatic carbocycles. The van der Waals surface area contributed by atoms with Crippen molar-refractivity contribution in [2.75, 3.05) is 0 Å². The molecule has 1 saturated heterocycles. The molecule has 1 aliphatic rings. The molecule has 108 valence electrons. The molecule has 0 saturated carbocycles. The number of nitriles is 1. The van der Waals surface area contributed by atoms with Crippen LogP contribution in [0, 0.1) is 18.3 Å². The van der Waals surface area contributed by atoms with Gasteiger partial charge in [0.2, 0.25) is 0 Å². The molecular weight excluding hydrogens is 265 g/mol. The molecule has 3 rings (SSSR count). The molecule has 0 unspecified atom stereocenters. The highest BCUT2D eigenvalue weighted by molar-refractivity contribution is 6.62. The van der Waals surface area contributed by atoms with Crippen LogP contribution in [0.3, 0.4) is 0 Å². The van der Waals surface area contributed by atoms with Gasteiger partial charge in [-0.1, -0.05) is 0 Å². The largest absolute Gasteiger partial charge is 0.496 e. The van der Waals surface area contributed by atoms with Crippen LogP contribution in [0.1, 0.15) is 39.0 Å². The number of hydrogen-bond acceptors (Lipinski definition) is 4. The van der Waals surface area contributed by atoms with Crippen molar-refractivity contribution in [2.45, 2.75) is 45.8 Å². The highest BCUT2D eigenvalue weighted by atomic mass is 16.7. The summed E-state index contributed by atoms with van der Waals surface area (Å²) in [4.78, 5) is 4.37. The zero-order chi connectivity index (χ0) is 15.4. The first-order valence-electron chi connectivity index (χ1n) is 6.98. The lowest BCUT2D eigenvalue weighted by Gasteiger charge is -2.32. The van der Waals surface area contributed by atoms with E-state index in [4.69, 9.17) is 9.31 Å². The van der Waals surface area contributed by atoms with Crippen molar-refractivity contribution in [1.29, 1.82) is 5.26 Å². The monoisotopic (exact) mass is 283 g/mol. The molecule has 0 radical (unpaired) electrons. The maximum Gasteiger partial charge on any atom is 0.496 e. The Morgan fingerprint density at radius 1 is 1.19 bits per heavy atom. The maximum atomic E-state index is 9.33. The minimum atomic E-state index is -0.478. The highest BCUT2D eigenvalue weighted by Crippen LogP contribution is 2.36. The van der Waals surface area contributed by atoms with Crippen LogP contribution in [0.4, 0.5) is 0 Å². The summed E-state index contributed by atoms with van der Waals surface area (Å²) in [5, 5.41) is 9.33. The molecule has 1 fully saturated rings. The van der Waals surface area contributed by atoms with Gasteiger partial charge in [-0.3, -0.25) is 0 Å². The molecule has 21 heavy (non-hydrogen) atoms. The Bertz CT molecular complexity index is 742. The molecular formula is C15H18BN3O2. The van der Waals surface area contributed by atoms with Gasteiger partial charge in [0.1, 0.15) is 6.07 Å². The number of rotatable bonds is 1. The number of imidazole rings is 1. The molecule has 3 heterocycles. The van der Waals surface area contributed by atoms with Gasteiger partial charge in [0.25, 0.3) is 0 Å². The van der Waals surface area contributed by atoms with Gasteiger partial charge in [0.15, 0.2) is 5.65 Å². The van der Waals surface area contributed by atoms with E-state index >= 15 is 0 Å². The molecule has 2 aromatic rings. The molecule has 1 aliphatic heterocycles. The lowest BCUT2D eigenvalue weighted by molar-refractivity contribution is 0.00578. The van der Waals surface area contributed by atoms with E-state index < -0.39 is 18.3 Å². The summed E-state index contributed by atoms with van der Waals surface area (Å²) in [6, 6.07) is 3.99. The van der Waals surface area contributed by atoms with E-state index in [9.17, 15) is 5.26 Å². The molecule has 5 nitrogen and oxygen atoms in total. The van der Waals surface area contributed by atoms with Crippen molar-refractivity contribution >= 4 is 18.2 Å². The van der Waals surface area contributed by atoms with Crippen LogP contribution in [0.2, 0.25) is 0 Å². The van der Waals surface area contributed by atoms with Gasteiger partial charge in [-0.15, -0.1) is 0 Å². The second-order valence-corrected chi connectivity index (χ2v) is 6.50. The molecule has 0 aromatic carbocycles. The summed E-state index contributed by atoms with van der Waals surface area (Å²) in [5.74, 6) is 0. The van der Waals surface area contributed by atoms with Gasteiger partial charge in [-0.2, -0.15) is 5.26 Å². The topological polar surface area (TPSA) is 59.5 Å². The van der Waals surface area contributed by atoms with E-state index in [0.717, 1.165) is 11.2 Å². The third kappa shape index (κ3) is 2.13. The van der Waals surface area contributed by atoms with E-state index in [-0.39, 0.29) is 0 Å². The number of pyridine rings is 1. The average Bonchev–Trinajstić information content (AvgIpc) is 2.85. The zero-order valence-electron chi connectivity index (χ0n) is 13.0. The predicted molar refractivity (Wildman–Crippen MR) is 80.4 cm³/mol. The highest BCUT2D eigenvalue weighted by Gasteiger charge is 2.51. The van der Waals surface area contributed by atoms with E-state index in [1.165, 1.54) is 0 Å². The van der Waals surface area contributed by atoms with Crippen molar-refractivity contribution in [3.8, 4) is 6.07 Å². The Hall–Kier alpha value is -1.84. The van der Waals surface area contributed by atoms with E-state index in [2.05, 4.69) is 11.1 Å². The van der Waals surface area contributed by atoms with E-state index in [1.807, 2.05) is 51.4 Å². The SMILES string of the molecule is Cc1cn2cc(B3OC(C)(C)C(C)(C)O3)cc(C#N)c2n1. The second kappa shape index (κ2) is 4.33. The zero-order valence-corrected chi connectivity index (χ0v) is 13.0. The van der Waals surface area contributed by atoms with Crippen LogP contribution in [0.15, 0.2) is 18.5 Å². The fourth-order valence-corrected chi connectivity index (χ4v) is 2.43. The Balaban J connectivity index is 2.09. The summed E-state index contributed by atoms with van der Waals surface area (Å²) in [6.07, 6.45) is 3.81. The predicted octanol–water partition coefficient (Wildman–Crippen LogP) is 1.81. The molecule has 0 bridgehead atoms. The van der Waals surface area contributed by atoms with Crippen molar-refractivity contribution in [1.82, 2.24) is 9.38 Å². The van der Waals surface area contributed by atoms with Gasteiger partial charge in [-0.05, 0) is 40.7 Å². The molecule has 0 N–H and O–H groups in total. The summed E-state index contributed by atoms with van der Waals surface area (Å²) in [7, 11) is -0.478. The van der Waals surface area contributed by atoms with Crippen LogP contribution in [-0.4, -0.2) is 27.7 Å².